The van der Waals surface area contributed by atoms with E-state index in [4.69, 9.17) is 0 Å². The van der Waals surface area contributed by atoms with Crippen molar-refractivity contribution in [3.8, 4) is 0 Å². The minimum Gasteiger partial charge on any atom is -0.390 e. The molecule has 1 aromatic heterocycles. The lowest BCUT2D eigenvalue weighted by Gasteiger charge is -2.32. The number of aromatic amines is 1. The number of halogens is 1. The lowest BCUT2D eigenvalue weighted by atomic mass is 9.78. The smallest absolute Gasteiger partial charge is 0.211 e. The molecule has 3 rings (SSSR count). The Morgan fingerprint density at radius 2 is 2.24 bits per heavy atom. The zero-order chi connectivity index (χ0) is 15.2. The fraction of sp³-hybridized carbons (Fsp3) is 0.438. The summed E-state index contributed by atoms with van der Waals surface area (Å²) >= 11 is 0. The summed E-state index contributed by atoms with van der Waals surface area (Å²) in [6, 6.07) is 2.94. The molecule has 0 saturated carbocycles. The van der Waals surface area contributed by atoms with E-state index in [-0.39, 0.29) is 11.7 Å². The largest absolute Gasteiger partial charge is 0.390 e. The molecule has 3 N–H and O–H groups in total. The van der Waals surface area contributed by atoms with Gasteiger partial charge in [-0.2, -0.15) is 0 Å². The lowest BCUT2D eigenvalue weighted by molar-refractivity contribution is -0.105. The standard InChI is InChI=1S/C16H19FN2O2/c1-16(2,21)9-3-4-10-13(7-9)19-15-12(18-8-20)6-5-11(17)14(10)15/h5-6,8-9,19,21H,3-4,7H2,1-2H3,(H,18,20)/t9-/m0/s1. The van der Waals surface area contributed by atoms with E-state index in [2.05, 4.69) is 10.3 Å². The summed E-state index contributed by atoms with van der Waals surface area (Å²) in [6.07, 6.45) is 2.83. The summed E-state index contributed by atoms with van der Waals surface area (Å²) < 4.78 is 14.2. The Morgan fingerprint density at radius 1 is 1.48 bits per heavy atom. The SMILES string of the molecule is CC(C)(O)[C@H]1CCc2c([nH]c3c(NC=O)ccc(F)c23)C1. The topological polar surface area (TPSA) is 65.1 Å². The molecule has 1 amide bonds. The van der Waals surface area contributed by atoms with E-state index in [1.54, 1.807) is 6.07 Å². The van der Waals surface area contributed by atoms with E-state index in [0.29, 0.717) is 29.4 Å². The van der Waals surface area contributed by atoms with E-state index < -0.39 is 5.60 Å². The third kappa shape index (κ3) is 2.31. The van der Waals surface area contributed by atoms with Crippen LogP contribution in [0.4, 0.5) is 10.1 Å². The molecule has 1 aromatic carbocycles. The number of H-pyrrole nitrogens is 1. The first-order valence-electron chi connectivity index (χ1n) is 7.16. The number of carbonyl (C=O) groups is 1. The summed E-state index contributed by atoms with van der Waals surface area (Å²) in [5, 5.41) is 13.4. The van der Waals surface area contributed by atoms with Gasteiger partial charge in [0.1, 0.15) is 5.82 Å². The third-order valence-corrected chi connectivity index (χ3v) is 4.50. The van der Waals surface area contributed by atoms with Crippen LogP contribution >= 0.6 is 0 Å². The number of anilines is 1. The first-order valence-corrected chi connectivity index (χ1v) is 7.16. The monoisotopic (exact) mass is 290 g/mol. The van der Waals surface area contributed by atoms with E-state index >= 15 is 0 Å². The van der Waals surface area contributed by atoms with Crippen molar-refractivity contribution >= 4 is 23.0 Å². The Morgan fingerprint density at radius 3 is 2.90 bits per heavy atom. The molecule has 0 bridgehead atoms. The Bertz CT molecular complexity index is 700. The first-order chi connectivity index (χ1) is 9.91. The zero-order valence-electron chi connectivity index (χ0n) is 12.2. The molecule has 0 spiro atoms. The maximum absolute atomic E-state index is 14.2. The van der Waals surface area contributed by atoms with Gasteiger partial charge in [-0.1, -0.05) is 0 Å². The molecule has 1 aliphatic rings. The van der Waals surface area contributed by atoms with E-state index in [9.17, 15) is 14.3 Å². The number of aliphatic hydroxyl groups is 1. The number of aromatic nitrogens is 1. The normalized spacial score (nSPS) is 18.6. The van der Waals surface area contributed by atoms with Crippen molar-refractivity contribution in [3.05, 3.63) is 29.2 Å². The quantitative estimate of drug-likeness (QED) is 0.761. The number of hydrogen-bond acceptors (Lipinski definition) is 2. The summed E-state index contributed by atoms with van der Waals surface area (Å²) in [7, 11) is 0. The molecule has 0 radical (unpaired) electrons. The molecule has 0 fully saturated rings. The molecule has 1 heterocycles. The van der Waals surface area contributed by atoms with Crippen molar-refractivity contribution in [2.75, 3.05) is 5.32 Å². The number of hydrogen-bond donors (Lipinski definition) is 3. The van der Waals surface area contributed by atoms with Crippen LogP contribution in [0.2, 0.25) is 0 Å². The number of nitrogens with one attached hydrogen (secondary N) is 2. The molecular weight excluding hydrogens is 271 g/mol. The average Bonchev–Trinajstić information content (AvgIpc) is 2.80. The van der Waals surface area contributed by atoms with Crippen LogP contribution < -0.4 is 5.32 Å². The Hall–Kier alpha value is -1.88. The van der Waals surface area contributed by atoms with Crippen LogP contribution in [0.15, 0.2) is 12.1 Å². The van der Waals surface area contributed by atoms with Crippen LogP contribution in [-0.2, 0) is 17.6 Å². The highest BCUT2D eigenvalue weighted by molar-refractivity contribution is 5.98. The Kier molecular flexibility index (Phi) is 3.24. The Balaban J connectivity index is 2.12. The fourth-order valence-electron chi connectivity index (χ4n) is 3.28. The molecule has 2 aromatic rings. The summed E-state index contributed by atoms with van der Waals surface area (Å²) in [6.45, 7) is 3.62. The number of fused-ring (bicyclic) bond motifs is 3. The van der Waals surface area contributed by atoms with Gasteiger partial charge >= 0.3 is 0 Å². The summed E-state index contributed by atoms with van der Waals surface area (Å²) in [5.41, 5.74) is 2.39. The number of amides is 1. The fourth-order valence-corrected chi connectivity index (χ4v) is 3.28. The minimum atomic E-state index is -0.753. The molecule has 112 valence electrons. The second kappa shape index (κ2) is 4.84. The van der Waals surface area contributed by atoms with Crippen molar-refractivity contribution < 1.29 is 14.3 Å². The maximum atomic E-state index is 14.2. The van der Waals surface area contributed by atoms with Gasteiger partial charge in [-0.15, -0.1) is 0 Å². The average molecular weight is 290 g/mol. The maximum Gasteiger partial charge on any atom is 0.211 e. The second-order valence-corrected chi connectivity index (χ2v) is 6.28. The number of benzene rings is 1. The second-order valence-electron chi connectivity index (χ2n) is 6.28. The summed E-state index contributed by atoms with van der Waals surface area (Å²) in [4.78, 5) is 13.9. The van der Waals surface area contributed by atoms with Gasteiger partial charge in [-0.05, 0) is 56.7 Å². The van der Waals surface area contributed by atoms with E-state index in [1.165, 1.54) is 6.07 Å². The van der Waals surface area contributed by atoms with Gasteiger partial charge in [-0.3, -0.25) is 4.79 Å². The van der Waals surface area contributed by atoms with Gasteiger partial charge in [0.2, 0.25) is 6.41 Å². The highest BCUT2D eigenvalue weighted by atomic mass is 19.1. The zero-order valence-corrected chi connectivity index (χ0v) is 12.2. The van der Waals surface area contributed by atoms with E-state index in [0.717, 1.165) is 24.1 Å². The number of aryl methyl sites for hydroxylation is 1. The third-order valence-electron chi connectivity index (χ3n) is 4.50. The van der Waals surface area contributed by atoms with Crippen molar-refractivity contribution in [2.45, 2.75) is 38.7 Å². The van der Waals surface area contributed by atoms with Gasteiger partial charge in [0.25, 0.3) is 0 Å². The van der Waals surface area contributed by atoms with Gasteiger partial charge in [0.15, 0.2) is 0 Å². The highest BCUT2D eigenvalue weighted by Crippen LogP contribution is 2.38. The predicted octanol–water partition coefficient (Wildman–Crippen LogP) is 2.75. The summed E-state index contributed by atoms with van der Waals surface area (Å²) in [5.74, 6) is -0.135. The van der Waals surface area contributed by atoms with Crippen LogP contribution in [0, 0.1) is 11.7 Å². The number of rotatable bonds is 3. The van der Waals surface area contributed by atoms with Crippen molar-refractivity contribution in [1.82, 2.24) is 4.98 Å². The molecular formula is C16H19FN2O2. The molecule has 1 aliphatic carbocycles. The van der Waals surface area contributed by atoms with Gasteiger partial charge in [0.05, 0.1) is 16.8 Å². The van der Waals surface area contributed by atoms with Crippen LogP contribution in [0.25, 0.3) is 10.9 Å². The highest BCUT2D eigenvalue weighted by Gasteiger charge is 2.32. The van der Waals surface area contributed by atoms with Crippen molar-refractivity contribution in [2.24, 2.45) is 5.92 Å². The van der Waals surface area contributed by atoms with Crippen LogP contribution in [-0.4, -0.2) is 22.1 Å². The van der Waals surface area contributed by atoms with Crippen molar-refractivity contribution in [1.29, 1.82) is 0 Å². The van der Waals surface area contributed by atoms with Crippen LogP contribution in [0.5, 0.6) is 0 Å². The molecule has 0 saturated heterocycles. The van der Waals surface area contributed by atoms with Crippen LogP contribution in [0.1, 0.15) is 31.5 Å². The van der Waals surface area contributed by atoms with Gasteiger partial charge in [0, 0.05) is 11.1 Å². The number of carbonyl (C=O) groups excluding carboxylic acids is 1. The van der Waals surface area contributed by atoms with Crippen LogP contribution in [0.3, 0.4) is 0 Å². The molecule has 21 heavy (non-hydrogen) atoms. The lowest BCUT2D eigenvalue weighted by Crippen LogP contribution is -2.34. The molecule has 1 atom stereocenters. The van der Waals surface area contributed by atoms with Crippen molar-refractivity contribution in [3.63, 3.8) is 0 Å². The first kappa shape index (κ1) is 14.1. The Labute approximate surface area is 122 Å². The van der Waals surface area contributed by atoms with Gasteiger partial charge in [-0.25, -0.2) is 4.39 Å². The minimum absolute atomic E-state index is 0.142. The molecule has 4 nitrogen and oxygen atoms in total. The molecule has 0 aliphatic heterocycles. The molecule has 0 unspecified atom stereocenters. The van der Waals surface area contributed by atoms with Gasteiger partial charge < -0.3 is 15.4 Å². The predicted molar refractivity (Wildman–Crippen MR) is 79.8 cm³/mol. The molecule has 5 heteroatoms. The van der Waals surface area contributed by atoms with E-state index in [1.807, 2.05) is 13.8 Å².